The zero-order valence-corrected chi connectivity index (χ0v) is 18.5. The van der Waals surface area contributed by atoms with E-state index < -0.39 is 11.6 Å². The van der Waals surface area contributed by atoms with E-state index >= 15 is 0 Å². The first-order chi connectivity index (χ1) is 16.0. The molecule has 3 aromatic heterocycles. The summed E-state index contributed by atoms with van der Waals surface area (Å²) in [6.07, 6.45) is 0.823. The van der Waals surface area contributed by atoms with Crippen molar-refractivity contribution < 1.29 is 8.78 Å². The Bertz CT molecular complexity index is 1450. The number of benzene rings is 2. The van der Waals surface area contributed by atoms with E-state index in [-0.39, 0.29) is 11.5 Å². The Balaban J connectivity index is 1.63. The molecule has 0 saturated heterocycles. The smallest absolute Gasteiger partial charge is 0.225 e. The van der Waals surface area contributed by atoms with Gasteiger partial charge in [0.2, 0.25) is 5.95 Å². The molecular weight excluding hydrogens is 442 g/mol. The number of hydrogen-bond acceptors (Lipinski definition) is 6. The van der Waals surface area contributed by atoms with Gasteiger partial charge >= 0.3 is 0 Å². The molecule has 0 amide bonds. The number of nitrogens with one attached hydrogen (secondary N) is 1. The molecule has 0 atom stereocenters. The van der Waals surface area contributed by atoms with Gasteiger partial charge in [-0.15, -0.1) is 16.4 Å². The van der Waals surface area contributed by atoms with Crippen LogP contribution in [0.3, 0.4) is 0 Å². The molecule has 0 saturated carbocycles. The molecule has 0 fully saturated rings. The highest BCUT2D eigenvalue weighted by atomic mass is 32.1. The van der Waals surface area contributed by atoms with Gasteiger partial charge in [-0.05, 0) is 43.0 Å². The zero-order valence-electron chi connectivity index (χ0n) is 17.7. The highest BCUT2D eigenvalue weighted by Gasteiger charge is 2.21. The van der Waals surface area contributed by atoms with Gasteiger partial charge in [0.1, 0.15) is 23.1 Å². The zero-order chi connectivity index (χ0) is 22.9. The minimum Gasteiger partial charge on any atom is -0.383 e. The predicted molar refractivity (Wildman–Crippen MR) is 128 cm³/mol. The summed E-state index contributed by atoms with van der Waals surface area (Å²) in [6, 6.07) is 15.0. The molecule has 2 aromatic carbocycles. The number of thiophene rings is 1. The Morgan fingerprint density at radius 3 is 2.73 bits per heavy atom. The topological polar surface area (TPSA) is 81.7 Å². The quantitative estimate of drug-likeness (QED) is 0.355. The first-order valence-electron chi connectivity index (χ1n) is 10.3. The van der Waals surface area contributed by atoms with Crippen molar-refractivity contribution in [2.75, 3.05) is 17.6 Å². The van der Waals surface area contributed by atoms with Crippen molar-refractivity contribution in [1.29, 1.82) is 0 Å². The van der Waals surface area contributed by atoms with Gasteiger partial charge in [-0.1, -0.05) is 29.8 Å². The third-order valence-electron chi connectivity index (χ3n) is 5.23. The average Bonchev–Trinajstić information content (AvgIpc) is 3.43. The van der Waals surface area contributed by atoms with Crippen LogP contribution >= 0.6 is 11.3 Å². The minimum absolute atomic E-state index is 0.0899. The van der Waals surface area contributed by atoms with Crippen LogP contribution in [0.2, 0.25) is 0 Å². The Kier molecular flexibility index (Phi) is 5.47. The van der Waals surface area contributed by atoms with Gasteiger partial charge in [-0.2, -0.15) is 4.98 Å². The molecule has 9 heteroatoms. The summed E-state index contributed by atoms with van der Waals surface area (Å²) < 4.78 is 29.5. The van der Waals surface area contributed by atoms with E-state index in [0.717, 1.165) is 35.7 Å². The Morgan fingerprint density at radius 2 is 1.94 bits per heavy atom. The largest absolute Gasteiger partial charge is 0.383 e. The van der Waals surface area contributed by atoms with Crippen LogP contribution < -0.4 is 11.1 Å². The fourth-order valence-corrected chi connectivity index (χ4v) is 4.39. The molecular formula is C24H20F2N6S. The second-order valence-corrected chi connectivity index (χ2v) is 8.65. The van der Waals surface area contributed by atoms with Gasteiger partial charge in [-0.3, -0.25) is 0 Å². The van der Waals surface area contributed by atoms with Crippen LogP contribution in [-0.2, 0) is 6.42 Å². The lowest BCUT2D eigenvalue weighted by Crippen LogP contribution is -2.08. The SMILES string of the molecule is Cc1cccc(-c2nc(NCCc3cccs3)nc3nn(-c4cc(F)ccc4F)c(N)c23)c1. The average molecular weight is 463 g/mol. The van der Waals surface area contributed by atoms with E-state index in [9.17, 15) is 8.78 Å². The minimum atomic E-state index is -0.643. The molecule has 0 aliphatic heterocycles. The molecule has 5 rings (SSSR count). The Hall–Kier alpha value is -3.85. The maximum absolute atomic E-state index is 14.5. The number of anilines is 2. The molecule has 0 unspecified atom stereocenters. The maximum Gasteiger partial charge on any atom is 0.225 e. The lowest BCUT2D eigenvalue weighted by molar-refractivity contribution is 0.588. The number of hydrogen-bond donors (Lipinski definition) is 2. The fraction of sp³-hybridized carbons (Fsp3) is 0.125. The first kappa shape index (κ1) is 21.0. The normalized spacial score (nSPS) is 11.2. The van der Waals surface area contributed by atoms with Gasteiger partial charge in [0.05, 0.1) is 11.1 Å². The van der Waals surface area contributed by atoms with Crippen LogP contribution in [0.4, 0.5) is 20.5 Å². The van der Waals surface area contributed by atoms with Gasteiger partial charge < -0.3 is 11.1 Å². The molecule has 0 spiro atoms. The summed E-state index contributed by atoms with van der Waals surface area (Å²) in [7, 11) is 0. The van der Waals surface area contributed by atoms with Gasteiger partial charge in [0, 0.05) is 23.1 Å². The van der Waals surface area contributed by atoms with Gasteiger partial charge in [0.15, 0.2) is 5.65 Å². The molecule has 166 valence electrons. The standard InChI is InChI=1S/C24H20F2N6S/c1-14-4-2-5-15(12-14)21-20-22(27)32(19-13-16(25)7-8-18(19)26)31-23(20)30-24(29-21)28-10-9-17-6-3-11-33-17/h2-8,11-13H,9-10,27H2,1H3,(H,28,30,31). The summed E-state index contributed by atoms with van der Waals surface area (Å²) in [6.45, 7) is 2.62. The van der Waals surface area contributed by atoms with Crippen LogP contribution in [0.1, 0.15) is 10.4 Å². The van der Waals surface area contributed by atoms with Gasteiger partial charge in [-0.25, -0.2) is 18.4 Å². The van der Waals surface area contributed by atoms with Crippen molar-refractivity contribution in [1.82, 2.24) is 19.7 Å². The Labute approximate surface area is 192 Å². The van der Waals surface area contributed by atoms with Crippen LogP contribution in [-0.4, -0.2) is 26.3 Å². The lowest BCUT2D eigenvalue weighted by atomic mass is 10.1. The molecule has 6 nitrogen and oxygen atoms in total. The van der Waals surface area contributed by atoms with Crippen molar-refractivity contribution in [3.8, 4) is 16.9 Å². The molecule has 5 aromatic rings. The number of aryl methyl sites for hydroxylation is 1. The summed E-state index contributed by atoms with van der Waals surface area (Å²) in [4.78, 5) is 10.5. The molecule has 0 radical (unpaired) electrons. The third kappa shape index (κ3) is 4.14. The lowest BCUT2D eigenvalue weighted by Gasteiger charge is -2.09. The number of rotatable bonds is 6. The highest BCUT2D eigenvalue weighted by molar-refractivity contribution is 7.09. The van der Waals surface area contributed by atoms with E-state index in [1.807, 2.05) is 42.6 Å². The second-order valence-electron chi connectivity index (χ2n) is 7.61. The van der Waals surface area contributed by atoms with Crippen LogP contribution in [0.25, 0.3) is 28.0 Å². The molecule has 0 aliphatic rings. The third-order valence-corrected chi connectivity index (χ3v) is 6.17. The number of nitrogens with two attached hydrogens (primary N) is 1. The molecule has 33 heavy (non-hydrogen) atoms. The van der Waals surface area contributed by atoms with E-state index in [4.69, 9.17) is 10.7 Å². The molecule has 3 heterocycles. The van der Waals surface area contributed by atoms with Crippen LogP contribution in [0, 0.1) is 18.6 Å². The van der Waals surface area contributed by atoms with E-state index in [0.29, 0.717) is 29.2 Å². The highest BCUT2D eigenvalue weighted by Crippen LogP contribution is 2.33. The van der Waals surface area contributed by atoms with E-state index in [1.54, 1.807) is 11.3 Å². The number of fused-ring (bicyclic) bond motifs is 1. The Morgan fingerprint density at radius 1 is 1.06 bits per heavy atom. The second kappa shape index (κ2) is 8.59. The van der Waals surface area contributed by atoms with E-state index in [1.165, 1.54) is 9.56 Å². The summed E-state index contributed by atoms with van der Waals surface area (Å²) in [5.41, 5.74) is 9.05. The summed E-state index contributed by atoms with van der Waals surface area (Å²) in [5.74, 6) is -0.711. The number of halogens is 2. The van der Waals surface area contributed by atoms with Crippen molar-refractivity contribution in [2.24, 2.45) is 0 Å². The van der Waals surface area contributed by atoms with Gasteiger partial charge in [0.25, 0.3) is 0 Å². The first-order valence-corrected chi connectivity index (χ1v) is 11.2. The van der Waals surface area contributed by atoms with Crippen molar-refractivity contribution >= 4 is 34.1 Å². The fourth-order valence-electron chi connectivity index (χ4n) is 3.68. The van der Waals surface area contributed by atoms with Crippen molar-refractivity contribution in [2.45, 2.75) is 13.3 Å². The summed E-state index contributed by atoms with van der Waals surface area (Å²) >= 11 is 1.69. The van der Waals surface area contributed by atoms with Crippen LogP contribution in [0.15, 0.2) is 60.0 Å². The monoisotopic (exact) mass is 462 g/mol. The maximum atomic E-state index is 14.5. The van der Waals surface area contributed by atoms with E-state index in [2.05, 4.69) is 21.5 Å². The number of aromatic nitrogens is 4. The predicted octanol–water partition coefficient (Wildman–Crippen LogP) is 5.37. The number of nitrogen functional groups attached to an aromatic ring is 1. The molecule has 0 aliphatic carbocycles. The van der Waals surface area contributed by atoms with Crippen molar-refractivity contribution in [3.05, 3.63) is 82.1 Å². The molecule has 3 N–H and O–H groups in total. The summed E-state index contributed by atoms with van der Waals surface area (Å²) in [5, 5.41) is 10.2. The molecule has 0 bridgehead atoms. The number of nitrogens with zero attached hydrogens (tertiary/aromatic N) is 4. The van der Waals surface area contributed by atoms with Crippen molar-refractivity contribution in [3.63, 3.8) is 0 Å². The van der Waals surface area contributed by atoms with Crippen LogP contribution in [0.5, 0.6) is 0 Å².